The molecule has 1 N–H and O–H groups in total. The normalized spacial score (nSPS) is 24.1. The monoisotopic (exact) mass is 325 g/mol. The quantitative estimate of drug-likeness (QED) is 0.866. The van der Waals surface area contributed by atoms with Gasteiger partial charge in [0.2, 0.25) is 0 Å². The van der Waals surface area contributed by atoms with Gasteiger partial charge in [-0.1, -0.05) is 26.7 Å². The maximum Gasteiger partial charge on any atom is 0.341 e. The first kappa shape index (κ1) is 17.4. The van der Waals surface area contributed by atoms with Crippen LogP contribution >= 0.6 is 0 Å². The van der Waals surface area contributed by atoms with Gasteiger partial charge in [0.1, 0.15) is 11.6 Å². The van der Waals surface area contributed by atoms with E-state index >= 15 is 0 Å². The number of hydrogen-bond acceptors (Lipinski definition) is 3. The first-order valence-corrected chi connectivity index (χ1v) is 7.80. The van der Waals surface area contributed by atoms with Crippen LogP contribution in [-0.4, -0.2) is 24.5 Å². The fraction of sp³-hybridized carbons (Fsp3) is 0.529. The zero-order valence-corrected chi connectivity index (χ0v) is 13.3. The molecule has 0 spiro atoms. The summed E-state index contributed by atoms with van der Waals surface area (Å²) < 4.78 is 31.0. The van der Waals surface area contributed by atoms with Gasteiger partial charge >= 0.3 is 5.97 Å². The van der Waals surface area contributed by atoms with E-state index in [0.29, 0.717) is 17.9 Å². The molecule has 0 heterocycles. The summed E-state index contributed by atoms with van der Waals surface area (Å²) in [7, 11) is 0. The molecule has 1 aliphatic carbocycles. The lowest BCUT2D eigenvalue weighted by Gasteiger charge is -2.34. The number of nitrogens with one attached hydrogen (secondary N) is 1. The molecule has 1 aliphatic rings. The fourth-order valence-corrected chi connectivity index (χ4v) is 2.90. The average molecular weight is 325 g/mol. The standard InChI is InChI=1S/C17H21F2NO3/c1-10-4-3-5-15(11(10)2)20-16(21)9-23-17(22)13-7-6-12(18)8-14(13)19/h6-8,10-11,15H,3-5,9H2,1-2H3,(H,20,21)/t10-,11+,15-/m1/s1. The van der Waals surface area contributed by atoms with Gasteiger partial charge in [0, 0.05) is 12.1 Å². The number of ether oxygens (including phenoxy) is 1. The molecule has 3 atom stereocenters. The summed E-state index contributed by atoms with van der Waals surface area (Å²) in [5, 5.41) is 2.86. The molecule has 1 fully saturated rings. The predicted molar refractivity (Wildman–Crippen MR) is 80.8 cm³/mol. The number of benzene rings is 1. The third-order valence-electron chi connectivity index (χ3n) is 4.54. The highest BCUT2D eigenvalue weighted by Crippen LogP contribution is 2.29. The van der Waals surface area contributed by atoms with Crippen molar-refractivity contribution < 1.29 is 23.1 Å². The minimum absolute atomic E-state index is 0.0625. The second kappa shape index (κ2) is 7.53. The molecule has 126 valence electrons. The summed E-state index contributed by atoms with van der Waals surface area (Å²) in [6.07, 6.45) is 3.10. The van der Waals surface area contributed by atoms with E-state index in [4.69, 9.17) is 4.74 Å². The molecule has 0 radical (unpaired) electrons. The average Bonchev–Trinajstić information content (AvgIpc) is 2.49. The van der Waals surface area contributed by atoms with Crippen LogP contribution in [0.1, 0.15) is 43.5 Å². The van der Waals surface area contributed by atoms with Gasteiger partial charge in [0.15, 0.2) is 6.61 Å². The highest BCUT2D eigenvalue weighted by atomic mass is 19.1. The second-order valence-electron chi connectivity index (χ2n) is 6.14. The van der Waals surface area contributed by atoms with Gasteiger partial charge in [-0.05, 0) is 30.4 Å². The summed E-state index contributed by atoms with van der Waals surface area (Å²) in [6.45, 7) is 3.77. The Morgan fingerprint density at radius 2 is 2.00 bits per heavy atom. The van der Waals surface area contributed by atoms with Crippen LogP contribution < -0.4 is 5.32 Å². The van der Waals surface area contributed by atoms with Gasteiger partial charge < -0.3 is 10.1 Å². The number of carbonyl (C=O) groups excluding carboxylic acids is 2. The molecule has 0 unspecified atom stereocenters. The predicted octanol–water partition coefficient (Wildman–Crippen LogP) is 3.06. The van der Waals surface area contributed by atoms with E-state index in [1.54, 1.807) is 0 Å². The molecule has 0 aromatic heterocycles. The molecule has 0 aliphatic heterocycles. The van der Waals surface area contributed by atoms with Gasteiger partial charge in [0.25, 0.3) is 5.91 Å². The summed E-state index contributed by atoms with van der Waals surface area (Å²) in [6, 6.07) is 2.62. The van der Waals surface area contributed by atoms with E-state index in [-0.39, 0.29) is 11.6 Å². The number of carbonyl (C=O) groups is 2. The third-order valence-corrected chi connectivity index (χ3v) is 4.54. The maximum absolute atomic E-state index is 13.5. The lowest BCUT2D eigenvalue weighted by molar-refractivity contribution is -0.125. The van der Waals surface area contributed by atoms with E-state index in [9.17, 15) is 18.4 Å². The lowest BCUT2D eigenvalue weighted by Crippen LogP contribution is -2.45. The summed E-state index contributed by atoms with van der Waals surface area (Å²) in [5.41, 5.74) is -0.390. The first-order chi connectivity index (χ1) is 10.9. The van der Waals surface area contributed by atoms with E-state index in [1.165, 1.54) is 0 Å². The molecule has 1 saturated carbocycles. The molecule has 0 bridgehead atoms. The van der Waals surface area contributed by atoms with Gasteiger partial charge in [0.05, 0.1) is 5.56 Å². The van der Waals surface area contributed by atoms with E-state index < -0.39 is 30.1 Å². The Hall–Kier alpha value is -1.98. The smallest absolute Gasteiger partial charge is 0.341 e. The molecule has 4 nitrogen and oxygen atoms in total. The van der Waals surface area contributed by atoms with Crippen molar-refractivity contribution in [3.8, 4) is 0 Å². The Labute approximate surface area is 134 Å². The summed E-state index contributed by atoms with van der Waals surface area (Å²) in [4.78, 5) is 23.6. The third kappa shape index (κ3) is 4.50. The number of halogens is 2. The van der Waals surface area contributed by atoms with Crippen molar-refractivity contribution in [1.82, 2.24) is 5.32 Å². The van der Waals surface area contributed by atoms with Crippen LogP contribution in [0.5, 0.6) is 0 Å². The number of rotatable bonds is 4. The molecule has 1 aromatic carbocycles. The Balaban J connectivity index is 1.85. The van der Waals surface area contributed by atoms with Crippen LogP contribution in [0.15, 0.2) is 18.2 Å². The first-order valence-electron chi connectivity index (χ1n) is 7.80. The molecule has 0 saturated heterocycles. The van der Waals surface area contributed by atoms with Crippen molar-refractivity contribution in [2.45, 2.75) is 39.2 Å². The van der Waals surface area contributed by atoms with E-state index in [2.05, 4.69) is 19.2 Å². The molecular weight excluding hydrogens is 304 g/mol. The van der Waals surface area contributed by atoms with Gasteiger partial charge in [-0.2, -0.15) is 0 Å². The Morgan fingerprint density at radius 3 is 2.70 bits per heavy atom. The van der Waals surface area contributed by atoms with Crippen molar-refractivity contribution in [3.05, 3.63) is 35.4 Å². The minimum Gasteiger partial charge on any atom is -0.452 e. The highest BCUT2D eigenvalue weighted by molar-refractivity contribution is 5.91. The highest BCUT2D eigenvalue weighted by Gasteiger charge is 2.28. The number of esters is 1. The van der Waals surface area contributed by atoms with Crippen LogP contribution in [0.25, 0.3) is 0 Å². The second-order valence-corrected chi connectivity index (χ2v) is 6.14. The largest absolute Gasteiger partial charge is 0.452 e. The lowest BCUT2D eigenvalue weighted by atomic mass is 9.78. The van der Waals surface area contributed by atoms with Crippen LogP contribution in [0.2, 0.25) is 0 Å². The van der Waals surface area contributed by atoms with Crippen LogP contribution in [0.4, 0.5) is 8.78 Å². The van der Waals surface area contributed by atoms with Crippen LogP contribution in [0.3, 0.4) is 0 Å². The SMILES string of the molecule is C[C@H]1[C@H](C)CCC[C@H]1NC(=O)COC(=O)c1ccc(F)cc1F. The fourth-order valence-electron chi connectivity index (χ4n) is 2.90. The molecule has 1 aromatic rings. The number of amides is 1. The van der Waals surface area contributed by atoms with Crippen molar-refractivity contribution in [1.29, 1.82) is 0 Å². The zero-order chi connectivity index (χ0) is 17.0. The van der Waals surface area contributed by atoms with Gasteiger partial charge in [-0.15, -0.1) is 0 Å². The van der Waals surface area contributed by atoms with E-state index in [0.717, 1.165) is 31.4 Å². The van der Waals surface area contributed by atoms with E-state index in [1.807, 2.05) is 0 Å². The van der Waals surface area contributed by atoms with Crippen molar-refractivity contribution >= 4 is 11.9 Å². The van der Waals surface area contributed by atoms with Crippen LogP contribution in [0, 0.1) is 23.5 Å². The summed E-state index contributed by atoms with van der Waals surface area (Å²) in [5.74, 6) is -2.29. The van der Waals surface area contributed by atoms with Crippen LogP contribution in [-0.2, 0) is 9.53 Å². The summed E-state index contributed by atoms with van der Waals surface area (Å²) >= 11 is 0. The minimum atomic E-state index is -1.01. The Bertz CT molecular complexity index is 591. The van der Waals surface area contributed by atoms with Crippen molar-refractivity contribution in [3.63, 3.8) is 0 Å². The van der Waals surface area contributed by atoms with Gasteiger partial charge in [-0.3, -0.25) is 4.79 Å². The molecule has 1 amide bonds. The van der Waals surface area contributed by atoms with Gasteiger partial charge in [-0.25, -0.2) is 13.6 Å². The molecule has 6 heteroatoms. The van der Waals surface area contributed by atoms with Crippen molar-refractivity contribution in [2.75, 3.05) is 6.61 Å². The van der Waals surface area contributed by atoms with Crippen molar-refractivity contribution in [2.24, 2.45) is 11.8 Å². The molecule has 23 heavy (non-hydrogen) atoms. The molecular formula is C17H21F2NO3. The topological polar surface area (TPSA) is 55.4 Å². The molecule has 2 rings (SSSR count). The zero-order valence-electron chi connectivity index (χ0n) is 13.3. The Kier molecular flexibility index (Phi) is 5.69. The Morgan fingerprint density at radius 1 is 1.26 bits per heavy atom. The maximum atomic E-state index is 13.5. The number of hydrogen-bond donors (Lipinski definition) is 1.